The quantitative estimate of drug-likeness (QED) is 0.653. The van der Waals surface area contributed by atoms with Crippen LogP contribution in [-0.4, -0.2) is 66.0 Å². The van der Waals surface area contributed by atoms with Gasteiger partial charge in [-0.1, -0.05) is 20.8 Å². The van der Waals surface area contributed by atoms with E-state index in [2.05, 4.69) is 36.1 Å². The molecule has 0 bridgehead atoms. The molecule has 0 spiro atoms. The van der Waals surface area contributed by atoms with Gasteiger partial charge in [0.25, 0.3) is 0 Å². The number of aryl methyl sites for hydroxylation is 1. The van der Waals surface area contributed by atoms with Crippen molar-refractivity contribution in [2.24, 2.45) is 5.92 Å². The van der Waals surface area contributed by atoms with Crippen LogP contribution in [0.4, 0.5) is 5.69 Å². The van der Waals surface area contributed by atoms with Crippen molar-refractivity contribution in [3.63, 3.8) is 0 Å². The fourth-order valence-electron chi connectivity index (χ4n) is 4.02. The number of rotatable bonds is 8. The lowest BCUT2D eigenvalue weighted by Crippen LogP contribution is -2.48. The first-order valence-corrected chi connectivity index (χ1v) is 12.7. The van der Waals surface area contributed by atoms with Gasteiger partial charge in [-0.05, 0) is 50.6 Å². The van der Waals surface area contributed by atoms with Crippen molar-refractivity contribution >= 4 is 21.6 Å². The third-order valence-electron chi connectivity index (χ3n) is 5.96. The first-order chi connectivity index (χ1) is 15.1. The molecule has 9 heteroatoms. The highest BCUT2D eigenvalue weighted by Gasteiger charge is 2.28. The molecule has 0 atom stereocenters. The maximum absolute atomic E-state index is 12.9. The van der Waals surface area contributed by atoms with Crippen molar-refractivity contribution in [1.82, 2.24) is 19.0 Å². The Labute approximate surface area is 191 Å². The minimum atomic E-state index is -3.52. The molecule has 0 aliphatic carbocycles. The Hall–Kier alpha value is -2.23. The van der Waals surface area contributed by atoms with Crippen molar-refractivity contribution in [3.8, 4) is 0 Å². The van der Waals surface area contributed by atoms with E-state index in [9.17, 15) is 13.2 Å². The molecule has 1 aliphatic heterocycles. The molecule has 1 saturated heterocycles. The van der Waals surface area contributed by atoms with E-state index in [1.807, 2.05) is 18.5 Å². The number of anilines is 1. The van der Waals surface area contributed by atoms with Crippen molar-refractivity contribution in [3.05, 3.63) is 41.2 Å². The number of nitrogens with one attached hydrogen (secondary N) is 1. The number of carbonyl (C=O) groups is 1. The van der Waals surface area contributed by atoms with Crippen LogP contribution in [0.15, 0.2) is 29.2 Å². The number of hydrogen-bond acceptors (Lipinski definition) is 5. The highest BCUT2D eigenvalue weighted by atomic mass is 32.2. The minimum Gasteiger partial charge on any atom is -0.326 e. The smallest absolute Gasteiger partial charge is 0.243 e. The third-order valence-corrected chi connectivity index (χ3v) is 7.87. The summed E-state index contributed by atoms with van der Waals surface area (Å²) >= 11 is 0. The third kappa shape index (κ3) is 5.57. The zero-order chi connectivity index (χ0) is 23.5. The molecule has 1 N–H and O–H groups in total. The summed E-state index contributed by atoms with van der Waals surface area (Å²) in [5.41, 5.74) is 3.39. The van der Waals surface area contributed by atoms with Gasteiger partial charge in [-0.3, -0.25) is 9.48 Å². The van der Waals surface area contributed by atoms with Crippen molar-refractivity contribution in [1.29, 1.82) is 0 Å². The lowest BCUT2D eigenvalue weighted by molar-refractivity contribution is -0.115. The molecule has 0 saturated carbocycles. The van der Waals surface area contributed by atoms with E-state index in [1.165, 1.54) is 4.31 Å². The highest BCUT2D eigenvalue weighted by molar-refractivity contribution is 7.89. The second kappa shape index (κ2) is 10.1. The van der Waals surface area contributed by atoms with Crippen molar-refractivity contribution < 1.29 is 13.2 Å². The monoisotopic (exact) mass is 461 g/mol. The van der Waals surface area contributed by atoms with E-state index < -0.39 is 10.0 Å². The predicted molar refractivity (Wildman–Crippen MR) is 126 cm³/mol. The van der Waals surface area contributed by atoms with E-state index in [4.69, 9.17) is 0 Å². The lowest BCUT2D eigenvalue weighted by atomic mass is 10.1. The van der Waals surface area contributed by atoms with Crippen LogP contribution >= 0.6 is 0 Å². The van der Waals surface area contributed by atoms with Crippen LogP contribution in [0.2, 0.25) is 0 Å². The minimum absolute atomic E-state index is 0.147. The number of hydrogen-bond donors (Lipinski definition) is 1. The van der Waals surface area contributed by atoms with Crippen LogP contribution in [0.5, 0.6) is 0 Å². The number of nitrogens with zero attached hydrogens (tertiary/aromatic N) is 4. The first kappa shape index (κ1) is 24.4. The Kier molecular flexibility index (Phi) is 7.74. The van der Waals surface area contributed by atoms with Crippen LogP contribution in [0.25, 0.3) is 0 Å². The SMILES string of the molecule is CCN1CCN(S(=O)(=O)c2ccc(NC(=O)Cc3c(C)nn(CC(C)C)c3C)cc2)CC1. The van der Waals surface area contributed by atoms with Crippen LogP contribution in [-0.2, 0) is 27.8 Å². The summed E-state index contributed by atoms with van der Waals surface area (Å²) < 4.78 is 29.3. The number of sulfonamides is 1. The molecule has 1 aromatic heterocycles. The highest BCUT2D eigenvalue weighted by Crippen LogP contribution is 2.21. The van der Waals surface area contributed by atoms with E-state index in [-0.39, 0.29) is 17.2 Å². The zero-order valence-electron chi connectivity index (χ0n) is 19.8. The van der Waals surface area contributed by atoms with E-state index in [0.717, 1.165) is 43.1 Å². The Morgan fingerprint density at radius 3 is 2.28 bits per heavy atom. The molecular weight excluding hydrogens is 426 g/mol. The Morgan fingerprint density at radius 1 is 1.09 bits per heavy atom. The van der Waals surface area contributed by atoms with Gasteiger partial charge < -0.3 is 10.2 Å². The molecule has 1 aromatic carbocycles. The fraction of sp³-hybridized carbons (Fsp3) is 0.565. The molecule has 1 fully saturated rings. The molecule has 2 heterocycles. The van der Waals surface area contributed by atoms with Crippen LogP contribution in [0, 0.1) is 19.8 Å². The molecule has 32 heavy (non-hydrogen) atoms. The van der Waals surface area contributed by atoms with E-state index >= 15 is 0 Å². The largest absolute Gasteiger partial charge is 0.326 e. The number of amides is 1. The average molecular weight is 462 g/mol. The second-order valence-corrected chi connectivity index (χ2v) is 10.8. The summed E-state index contributed by atoms with van der Waals surface area (Å²) in [6.45, 7) is 14.5. The van der Waals surface area contributed by atoms with E-state index in [0.29, 0.717) is 24.7 Å². The van der Waals surface area contributed by atoms with Crippen LogP contribution in [0.1, 0.15) is 37.7 Å². The molecule has 1 aliphatic rings. The number of benzene rings is 1. The van der Waals surface area contributed by atoms with Gasteiger partial charge in [0.05, 0.1) is 17.0 Å². The van der Waals surface area contributed by atoms with Gasteiger partial charge in [0, 0.05) is 49.7 Å². The van der Waals surface area contributed by atoms with Gasteiger partial charge in [-0.15, -0.1) is 0 Å². The molecule has 3 rings (SSSR count). The van der Waals surface area contributed by atoms with Gasteiger partial charge in [0.1, 0.15) is 0 Å². The average Bonchev–Trinajstić information content (AvgIpc) is 3.01. The van der Waals surface area contributed by atoms with Gasteiger partial charge >= 0.3 is 0 Å². The lowest BCUT2D eigenvalue weighted by Gasteiger charge is -2.33. The van der Waals surface area contributed by atoms with Crippen molar-refractivity contribution in [2.75, 3.05) is 38.0 Å². The van der Waals surface area contributed by atoms with Gasteiger partial charge in [-0.25, -0.2) is 8.42 Å². The number of likely N-dealkylation sites (N-methyl/N-ethyl adjacent to an activating group) is 1. The summed E-state index contributed by atoms with van der Waals surface area (Å²) in [7, 11) is -3.52. The molecule has 0 unspecified atom stereocenters. The second-order valence-electron chi connectivity index (χ2n) is 8.81. The summed E-state index contributed by atoms with van der Waals surface area (Å²) in [5.74, 6) is 0.326. The number of carbonyl (C=O) groups excluding carboxylic acids is 1. The van der Waals surface area contributed by atoms with E-state index in [1.54, 1.807) is 24.3 Å². The van der Waals surface area contributed by atoms with Crippen molar-refractivity contribution in [2.45, 2.75) is 52.5 Å². The fourth-order valence-corrected chi connectivity index (χ4v) is 5.45. The molecule has 176 valence electrons. The first-order valence-electron chi connectivity index (χ1n) is 11.3. The zero-order valence-corrected chi connectivity index (χ0v) is 20.6. The molecule has 8 nitrogen and oxygen atoms in total. The number of aromatic nitrogens is 2. The molecular formula is C23H35N5O3S. The predicted octanol–water partition coefficient (Wildman–Crippen LogP) is 2.66. The Balaban J connectivity index is 1.63. The molecule has 0 radical (unpaired) electrons. The topological polar surface area (TPSA) is 87.5 Å². The van der Waals surface area contributed by atoms with Crippen LogP contribution in [0.3, 0.4) is 0 Å². The molecule has 1 amide bonds. The Bertz CT molecular complexity index is 1040. The summed E-state index contributed by atoms with van der Waals surface area (Å²) in [6.07, 6.45) is 0.234. The maximum Gasteiger partial charge on any atom is 0.243 e. The van der Waals surface area contributed by atoms with Gasteiger partial charge in [0.2, 0.25) is 15.9 Å². The molecule has 2 aromatic rings. The standard InChI is InChI=1S/C23H35N5O3S/c1-6-26-11-13-27(14-12-26)32(30,31)21-9-7-20(8-10-21)24-23(29)15-22-18(4)25-28(19(22)5)16-17(2)3/h7-10,17H,6,11-16H2,1-5H3,(H,24,29). The normalized spacial score (nSPS) is 15.9. The summed E-state index contributed by atoms with van der Waals surface area (Å²) in [4.78, 5) is 15.1. The number of piperazine rings is 1. The van der Waals surface area contributed by atoms with Crippen LogP contribution < -0.4 is 5.32 Å². The summed E-state index contributed by atoms with van der Waals surface area (Å²) in [5, 5.41) is 7.44. The van der Waals surface area contributed by atoms with Gasteiger partial charge in [-0.2, -0.15) is 9.40 Å². The Morgan fingerprint density at radius 2 is 1.72 bits per heavy atom. The van der Waals surface area contributed by atoms with Gasteiger partial charge in [0.15, 0.2) is 0 Å². The summed E-state index contributed by atoms with van der Waals surface area (Å²) in [6, 6.07) is 6.42. The maximum atomic E-state index is 12.9.